The molecule has 0 aliphatic carbocycles. The first kappa shape index (κ1) is 13.0. The van der Waals surface area contributed by atoms with Crippen LogP contribution in [0.3, 0.4) is 0 Å². The Balaban J connectivity index is 2.02. The van der Waals surface area contributed by atoms with E-state index in [1.165, 1.54) is 18.3 Å². The molecule has 5 heteroatoms. The number of carbonyl (C=O) groups excluding carboxylic acids is 1. The summed E-state index contributed by atoms with van der Waals surface area (Å²) < 4.78 is 12.7. The van der Waals surface area contributed by atoms with Crippen LogP contribution >= 0.6 is 0 Å². The number of hydrogen-bond acceptors (Lipinski definition) is 3. The monoisotopic (exact) mass is 251 g/mol. The molecule has 0 saturated carbocycles. The van der Waals surface area contributed by atoms with Crippen molar-refractivity contribution in [2.75, 3.05) is 27.2 Å². The van der Waals surface area contributed by atoms with Crippen LogP contribution in [0.25, 0.3) is 0 Å². The normalized spacial score (nSPS) is 17.7. The molecule has 0 N–H and O–H groups in total. The summed E-state index contributed by atoms with van der Waals surface area (Å²) in [5.41, 5.74) is 0.442. The van der Waals surface area contributed by atoms with Crippen LogP contribution in [0.15, 0.2) is 18.3 Å². The van der Waals surface area contributed by atoms with Crippen molar-refractivity contribution in [1.82, 2.24) is 14.8 Å². The second kappa shape index (κ2) is 5.44. The highest BCUT2D eigenvalue weighted by atomic mass is 19.1. The maximum atomic E-state index is 12.7. The van der Waals surface area contributed by atoms with Crippen LogP contribution < -0.4 is 0 Å². The Bertz CT molecular complexity index is 413. The first-order chi connectivity index (χ1) is 8.58. The predicted octanol–water partition coefficient (Wildman–Crippen LogP) is 1.39. The molecule has 1 amide bonds. The van der Waals surface area contributed by atoms with Gasteiger partial charge in [-0.1, -0.05) is 0 Å². The van der Waals surface area contributed by atoms with Crippen molar-refractivity contribution >= 4 is 5.91 Å². The van der Waals surface area contributed by atoms with Crippen molar-refractivity contribution in [2.24, 2.45) is 0 Å². The van der Waals surface area contributed by atoms with Gasteiger partial charge < -0.3 is 9.80 Å². The fourth-order valence-electron chi connectivity index (χ4n) is 2.25. The number of aromatic nitrogens is 1. The molecule has 1 aromatic heterocycles. The molecule has 0 spiro atoms. The topological polar surface area (TPSA) is 36.4 Å². The van der Waals surface area contributed by atoms with Gasteiger partial charge in [-0.25, -0.2) is 4.98 Å². The molecule has 0 atom stereocenters. The molecule has 2 rings (SSSR count). The van der Waals surface area contributed by atoms with E-state index >= 15 is 0 Å². The van der Waals surface area contributed by atoms with Crippen molar-refractivity contribution < 1.29 is 9.18 Å². The Kier molecular flexibility index (Phi) is 3.91. The van der Waals surface area contributed by atoms with E-state index in [4.69, 9.17) is 0 Å². The maximum Gasteiger partial charge on any atom is 0.255 e. The zero-order chi connectivity index (χ0) is 13.1. The lowest BCUT2D eigenvalue weighted by molar-refractivity contribution is 0.0659. The molecule has 1 aromatic rings. The van der Waals surface area contributed by atoms with Gasteiger partial charge in [-0.05, 0) is 45.1 Å². The van der Waals surface area contributed by atoms with Crippen LogP contribution in [0.2, 0.25) is 0 Å². The Morgan fingerprint density at radius 3 is 2.67 bits per heavy atom. The summed E-state index contributed by atoms with van der Waals surface area (Å²) in [5, 5.41) is 0. The van der Waals surface area contributed by atoms with Gasteiger partial charge in [0.2, 0.25) is 5.95 Å². The predicted molar refractivity (Wildman–Crippen MR) is 66.8 cm³/mol. The van der Waals surface area contributed by atoms with Crippen LogP contribution in [-0.4, -0.2) is 53.9 Å². The molecular formula is C13H18FN3O. The van der Waals surface area contributed by atoms with Crippen molar-refractivity contribution in [3.05, 3.63) is 29.8 Å². The summed E-state index contributed by atoms with van der Waals surface area (Å²) in [6.45, 7) is 2.01. The third kappa shape index (κ3) is 2.85. The van der Waals surface area contributed by atoms with Crippen molar-refractivity contribution in [1.29, 1.82) is 0 Å². The van der Waals surface area contributed by atoms with E-state index in [-0.39, 0.29) is 11.9 Å². The summed E-state index contributed by atoms with van der Waals surface area (Å²) in [4.78, 5) is 19.7. The van der Waals surface area contributed by atoms with Gasteiger partial charge in [0.1, 0.15) is 0 Å². The zero-order valence-electron chi connectivity index (χ0n) is 10.8. The Morgan fingerprint density at radius 2 is 2.11 bits per heavy atom. The van der Waals surface area contributed by atoms with Gasteiger partial charge in [0, 0.05) is 19.3 Å². The Morgan fingerprint density at radius 1 is 1.44 bits per heavy atom. The van der Waals surface area contributed by atoms with Gasteiger partial charge in [-0.3, -0.25) is 4.79 Å². The van der Waals surface area contributed by atoms with E-state index in [0.717, 1.165) is 25.9 Å². The summed E-state index contributed by atoms with van der Waals surface area (Å²) in [5.74, 6) is -0.648. The summed E-state index contributed by atoms with van der Waals surface area (Å²) in [6, 6.07) is 2.96. The minimum Gasteiger partial charge on any atom is -0.339 e. The summed E-state index contributed by atoms with van der Waals surface area (Å²) in [7, 11) is 3.89. The number of carbonyl (C=O) groups is 1. The van der Waals surface area contributed by atoms with Gasteiger partial charge >= 0.3 is 0 Å². The Labute approximate surface area is 106 Å². The molecule has 0 aromatic carbocycles. The molecule has 18 heavy (non-hydrogen) atoms. The van der Waals surface area contributed by atoms with Crippen LogP contribution in [-0.2, 0) is 0 Å². The molecular weight excluding hydrogens is 233 g/mol. The van der Waals surface area contributed by atoms with Crippen LogP contribution in [0.1, 0.15) is 23.2 Å². The zero-order valence-corrected chi connectivity index (χ0v) is 10.8. The van der Waals surface area contributed by atoms with Crippen molar-refractivity contribution in [3.63, 3.8) is 0 Å². The minimum absolute atomic E-state index is 0.0861. The summed E-state index contributed by atoms with van der Waals surface area (Å²) in [6.07, 6.45) is 3.25. The van der Waals surface area contributed by atoms with Crippen LogP contribution in [0.5, 0.6) is 0 Å². The number of pyridine rings is 1. The number of likely N-dealkylation sites (tertiary alicyclic amines) is 1. The Hall–Kier alpha value is -1.49. The minimum atomic E-state index is -0.562. The fourth-order valence-corrected chi connectivity index (χ4v) is 2.25. The second-order valence-corrected chi connectivity index (χ2v) is 4.82. The summed E-state index contributed by atoms with van der Waals surface area (Å²) >= 11 is 0. The number of nitrogens with zero attached hydrogens (tertiary/aromatic N) is 3. The van der Waals surface area contributed by atoms with E-state index in [1.54, 1.807) is 4.90 Å². The molecule has 0 radical (unpaired) electrons. The first-order valence-electron chi connectivity index (χ1n) is 6.15. The lowest BCUT2D eigenvalue weighted by Gasteiger charge is -2.35. The molecule has 0 bridgehead atoms. The van der Waals surface area contributed by atoms with Crippen LogP contribution in [0, 0.1) is 5.95 Å². The van der Waals surface area contributed by atoms with Gasteiger partial charge in [0.25, 0.3) is 5.91 Å². The third-order valence-corrected chi connectivity index (χ3v) is 3.53. The fraction of sp³-hybridized carbons (Fsp3) is 0.538. The van der Waals surface area contributed by atoms with Crippen LogP contribution in [0.4, 0.5) is 4.39 Å². The SMILES string of the molecule is CN1CCC(N(C)C(=O)c2ccc(F)nc2)CC1. The van der Waals surface area contributed by atoms with Gasteiger partial charge in [-0.2, -0.15) is 4.39 Å². The van der Waals surface area contributed by atoms with E-state index in [0.29, 0.717) is 5.56 Å². The van der Waals surface area contributed by atoms with Crippen molar-refractivity contribution in [2.45, 2.75) is 18.9 Å². The number of hydrogen-bond donors (Lipinski definition) is 0. The molecule has 0 unspecified atom stereocenters. The highest BCUT2D eigenvalue weighted by Gasteiger charge is 2.24. The second-order valence-electron chi connectivity index (χ2n) is 4.82. The van der Waals surface area contributed by atoms with E-state index in [9.17, 15) is 9.18 Å². The highest BCUT2D eigenvalue weighted by Crippen LogP contribution is 2.16. The molecule has 98 valence electrons. The lowest BCUT2D eigenvalue weighted by Crippen LogP contribution is -2.44. The number of piperidine rings is 1. The van der Waals surface area contributed by atoms with E-state index < -0.39 is 5.95 Å². The third-order valence-electron chi connectivity index (χ3n) is 3.53. The highest BCUT2D eigenvalue weighted by molar-refractivity contribution is 5.93. The van der Waals surface area contributed by atoms with E-state index in [2.05, 4.69) is 16.9 Å². The average molecular weight is 251 g/mol. The standard InChI is InChI=1S/C13H18FN3O/c1-16-7-5-11(6-8-16)17(2)13(18)10-3-4-12(14)15-9-10/h3-4,9,11H,5-8H2,1-2H3. The smallest absolute Gasteiger partial charge is 0.255 e. The van der Waals surface area contributed by atoms with Gasteiger partial charge in [0.05, 0.1) is 5.56 Å². The van der Waals surface area contributed by atoms with Crippen molar-refractivity contribution in [3.8, 4) is 0 Å². The lowest BCUT2D eigenvalue weighted by atomic mass is 10.0. The average Bonchev–Trinajstić information content (AvgIpc) is 2.39. The molecule has 1 aliphatic heterocycles. The number of halogens is 1. The quantitative estimate of drug-likeness (QED) is 0.745. The molecule has 2 heterocycles. The number of rotatable bonds is 2. The number of amides is 1. The van der Waals surface area contributed by atoms with Gasteiger partial charge in [0.15, 0.2) is 0 Å². The molecule has 1 aliphatic rings. The molecule has 4 nitrogen and oxygen atoms in total. The maximum absolute atomic E-state index is 12.7. The van der Waals surface area contributed by atoms with E-state index in [1.807, 2.05) is 7.05 Å². The largest absolute Gasteiger partial charge is 0.339 e. The molecule has 1 saturated heterocycles. The molecule has 1 fully saturated rings. The first-order valence-corrected chi connectivity index (χ1v) is 6.15. The van der Waals surface area contributed by atoms with Gasteiger partial charge in [-0.15, -0.1) is 0 Å².